The van der Waals surface area contributed by atoms with Crippen LogP contribution in [0.1, 0.15) is 24.3 Å². The van der Waals surface area contributed by atoms with E-state index in [-0.39, 0.29) is 5.97 Å². The lowest BCUT2D eigenvalue weighted by molar-refractivity contribution is 0.0514. The Kier molecular flexibility index (Phi) is 2.95. The minimum Gasteiger partial charge on any atom is -0.461 e. The molecule has 16 heavy (non-hydrogen) atoms. The fourth-order valence-electron chi connectivity index (χ4n) is 1.93. The maximum atomic E-state index is 11.8. The molecule has 0 bridgehead atoms. The number of nitrogens with zero attached hydrogens (tertiary/aromatic N) is 1. The van der Waals surface area contributed by atoms with Gasteiger partial charge in [0.15, 0.2) is 0 Å². The Morgan fingerprint density at radius 2 is 2.06 bits per heavy atom. The van der Waals surface area contributed by atoms with Crippen LogP contribution >= 0.6 is 0 Å². The molecule has 0 aliphatic heterocycles. The predicted molar refractivity (Wildman–Crippen MR) is 63.6 cm³/mol. The molecule has 0 saturated carbocycles. The van der Waals surface area contributed by atoms with E-state index >= 15 is 0 Å². The molecule has 1 heterocycles. The normalized spacial score (nSPS) is 10.6. The summed E-state index contributed by atoms with van der Waals surface area (Å²) in [6.07, 6.45) is 0. The van der Waals surface area contributed by atoms with Gasteiger partial charge in [0.2, 0.25) is 0 Å². The van der Waals surface area contributed by atoms with Crippen LogP contribution in [0.2, 0.25) is 0 Å². The Labute approximate surface area is 94.6 Å². The average molecular weight is 217 g/mol. The first-order chi connectivity index (χ1) is 7.77. The molecule has 0 unspecified atom stereocenters. The van der Waals surface area contributed by atoms with E-state index in [4.69, 9.17) is 4.74 Å². The minimum atomic E-state index is -0.249. The van der Waals surface area contributed by atoms with E-state index in [2.05, 4.69) is 0 Å². The van der Waals surface area contributed by atoms with Crippen LogP contribution in [0.25, 0.3) is 10.9 Å². The van der Waals surface area contributed by atoms with Crippen molar-refractivity contribution in [3.8, 4) is 0 Å². The quantitative estimate of drug-likeness (QED) is 0.740. The molecule has 0 saturated heterocycles. The molecular weight excluding hydrogens is 202 g/mol. The third-order valence-electron chi connectivity index (χ3n) is 2.61. The lowest BCUT2D eigenvalue weighted by Crippen LogP contribution is -2.11. The Morgan fingerprint density at radius 1 is 1.31 bits per heavy atom. The van der Waals surface area contributed by atoms with E-state index in [1.807, 2.05) is 48.7 Å². The molecule has 0 aliphatic carbocycles. The van der Waals surface area contributed by atoms with Gasteiger partial charge in [-0.3, -0.25) is 0 Å². The second-order valence-corrected chi connectivity index (χ2v) is 3.55. The molecule has 0 spiro atoms. The number of carbonyl (C=O) groups excluding carboxylic acids is 1. The average Bonchev–Trinajstić information content (AvgIpc) is 2.67. The van der Waals surface area contributed by atoms with Crippen molar-refractivity contribution in [2.75, 3.05) is 6.61 Å². The smallest absolute Gasteiger partial charge is 0.354 e. The van der Waals surface area contributed by atoms with Gasteiger partial charge in [-0.1, -0.05) is 18.2 Å². The molecule has 3 nitrogen and oxygen atoms in total. The maximum absolute atomic E-state index is 11.8. The van der Waals surface area contributed by atoms with Crippen molar-refractivity contribution in [1.29, 1.82) is 0 Å². The number of esters is 1. The second-order valence-electron chi connectivity index (χ2n) is 3.55. The van der Waals surface area contributed by atoms with E-state index in [0.717, 1.165) is 17.4 Å². The highest BCUT2D eigenvalue weighted by Gasteiger charge is 2.14. The van der Waals surface area contributed by atoms with Crippen molar-refractivity contribution >= 4 is 16.9 Å². The molecule has 0 atom stereocenters. The summed E-state index contributed by atoms with van der Waals surface area (Å²) in [4.78, 5) is 11.8. The van der Waals surface area contributed by atoms with Crippen molar-refractivity contribution < 1.29 is 9.53 Å². The second kappa shape index (κ2) is 4.39. The van der Waals surface area contributed by atoms with Gasteiger partial charge >= 0.3 is 5.97 Å². The van der Waals surface area contributed by atoms with Crippen LogP contribution in [-0.2, 0) is 11.3 Å². The predicted octanol–water partition coefficient (Wildman–Crippen LogP) is 2.84. The van der Waals surface area contributed by atoms with Gasteiger partial charge in [-0.05, 0) is 26.0 Å². The number of carbonyl (C=O) groups is 1. The van der Waals surface area contributed by atoms with Crippen molar-refractivity contribution in [2.45, 2.75) is 20.4 Å². The van der Waals surface area contributed by atoms with E-state index in [1.165, 1.54) is 0 Å². The molecule has 3 heteroatoms. The number of hydrogen-bond donors (Lipinski definition) is 0. The molecule has 0 aliphatic rings. The van der Waals surface area contributed by atoms with Crippen molar-refractivity contribution in [3.05, 3.63) is 36.0 Å². The standard InChI is InChI=1S/C13H15NO2/c1-3-14-11-8-6-5-7-10(11)9-12(14)13(15)16-4-2/h5-9H,3-4H2,1-2H3. The van der Waals surface area contributed by atoms with Crippen LogP contribution in [0.5, 0.6) is 0 Å². The van der Waals surface area contributed by atoms with Gasteiger partial charge in [0.05, 0.1) is 6.61 Å². The SMILES string of the molecule is CCOC(=O)c1cc2ccccc2n1CC. The highest BCUT2D eigenvalue weighted by Crippen LogP contribution is 2.20. The number of hydrogen-bond acceptors (Lipinski definition) is 2. The number of benzene rings is 1. The first-order valence-corrected chi connectivity index (χ1v) is 5.53. The molecule has 84 valence electrons. The number of para-hydroxylation sites is 1. The van der Waals surface area contributed by atoms with Gasteiger partial charge in [-0.2, -0.15) is 0 Å². The first kappa shape index (κ1) is 10.7. The summed E-state index contributed by atoms with van der Waals surface area (Å²) in [5, 5.41) is 1.08. The number of aryl methyl sites for hydroxylation is 1. The Hall–Kier alpha value is -1.77. The van der Waals surface area contributed by atoms with Crippen LogP contribution in [0, 0.1) is 0 Å². The van der Waals surface area contributed by atoms with Crippen LogP contribution in [0.4, 0.5) is 0 Å². The van der Waals surface area contributed by atoms with E-state index in [1.54, 1.807) is 0 Å². The zero-order valence-corrected chi connectivity index (χ0v) is 9.56. The van der Waals surface area contributed by atoms with E-state index in [9.17, 15) is 4.79 Å². The fraction of sp³-hybridized carbons (Fsp3) is 0.308. The molecule has 0 radical (unpaired) electrons. The molecule has 0 N–H and O–H groups in total. The largest absolute Gasteiger partial charge is 0.461 e. The van der Waals surface area contributed by atoms with Crippen molar-refractivity contribution in [1.82, 2.24) is 4.57 Å². The Morgan fingerprint density at radius 3 is 2.75 bits per heavy atom. The van der Waals surface area contributed by atoms with Crippen LogP contribution < -0.4 is 0 Å². The fourth-order valence-corrected chi connectivity index (χ4v) is 1.93. The highest BCUT2D eigenvalue weighted by molar-refractivity contribution is 5.95. The molecule has 2 aromatic rings. The molecule has 0 amide bonds. The van der Waals surface area contributed by atoms with Gasteiger partial charge < -0.3 is 9.30 Å². The summed E-state index contributed by atoms with van der Waals surface area (Å²) in [6.45, 7) is 5.01. The van der Waals surface area contributed by atoms with Gasteiger partial charge in [0.25, 0.3) is 0 Å². The maximum Gasteiger partial charge on any atom is 0.354 e. The summed E-state index contributed by atoms with van der Waals surface area (Å²) >= 11 is 0. The van der Waals surface area contributed by atoms with Crippen molar-refractivity contribution in [3.63, 3.8) is 0 Å². The van der Waals surface area contributed by atoms with Crippen LogP contribution in [0.15, 0.2) is 30.3 Å². The zero-order chi connectivity index (χ0) is 11.5. The molecule has 1 aromatic carbocycles. The number of aromatic nitrogens is 1. The van der Waals surface area contributed by atoms with Crippen LogP contribution in [0.3, 0.4) is 0 Å². The van der Waals surface area contributed by atoms with Gasteiger partial charge in [0, 0.05) is 17.4 Å². The number of ether oxygens (including phenoxy) is 1. The monoisotopic (exact) mass is 217 g/mol. The van der Waals surface area contributed by atoms with E-state index < -0.39 is 0 Å². The summed E-state index contributed by atoms with van der Waals surface area (Å²) in [5.41, 5.74) is 1.71. The highest BCUT2D eigenvalue weighted by atomic mass is 16.5. The minimum absolute atomic E-state index is 0.249. The van der Waals surface area contributed by atoms with Gasteiger partial charge in [-0.15, -0.1) is 0 Å². The Bertz CT molecular complexity index is 514. The third kappa shape index (κ3) is 1.69. The molecular formula is C13H15NO2. The summed E-state index contributed by atoms with van der Waals surface area (Å²) < 4.78 is 7.02. The molecule has 0 fully saturated rings. The lowest BCUT2D eigenvalue weighted by Gasteiger charge is -2.06. The molecule has 1 aromatic heterocycles. The zero-order valence-electron chi connectivity index (χ0n) is 9.56. The van der Waals surface area contributed by atoms with Crippen molar-refractivity contribution in [2.24, 2.45) is 0 Å². The van der Waals surface area contributed by atoms with Crippen LogP contribution in [-0.4, -0.2) is 17.1 Å². The lowest BCUT2D eigenvalue weighted by atomic mass is 10.2. The topological polar surface area (TPSA) is 31.2 Å². The number of fused-ring (bicyclic) bond motifs is 1. The van der Waals surface area contributed by atoms with Gasteiger partial charge in [0.1, 0.15) is 5.69 Å². The summed E-state index contributed by atoms with van der Waals surface area (Å²) in [6, 6.07) is 9.85. The third-order valence-corrected chi connectivity index (χ3v) is 2.61. The summed E-state index contributed by atoms with van der Waals surface area (Å²) in [7, 11) is 0. The summed E-state index contributed by atoms with van der Waals surface area (Å²) in [5.74, 6) is -0.249. The van der Waals surface area contributed by atoms with E-state index in [0.29, 0.717) is 12.3 Å². The number of rotatable bonds is 3. The first-order valence-electron chi connectivity index (χ1n) is 5.53. The Balaban J connectivity index is 2.56. The van der Waals surface area contributed by atoms with Gasteiger partial charge in [-0.25, -0.2) is 4.79 Å². The molecule has 2 rings (SSSR count).